The van der Waals surface area contributed by atoms with Crippen LogP contribution in [0.25, 0.3) is 43.8 Å². The maximum atomic E-state index is 4.96. The molecule has 4 aliphatic rings. The molecule has 0 N–H and O–H groups in total. The standard InChI is InChI=1S/C47H39N/c1-46(2)36-21-11-9-19-33(36)43-38(46)25-24-32-35(27-39-44(45(32)43)34-20-10-12-22-37(34)47(39,3)4)41-28-15-5-7-17-30(28)42(40-23-13-14-26-48-40)31-18-8-6-16-29(31)41/h5-12,14-22,24-26,39H,13,23,27H2,1-4H3. The molecule has 6 aromatic rings. The van der Waals surface area contributed by atoms with Crippen LogP contribution in [0, 0.1) is 5.92 Å². The normalized spacial score (nSPS) is 19.5. The van der Waals surface area contributed by atoms with E-state index in [1.165, 1.54) is 87.8 Å². The van der Waals surface area contributed by atoms with Crippen LogP contribution in [0.15, 0.2) is 126 Å². The van der Waals surface area contributed by atoms with Gasteiger partial charge >= 0.3 is 0 Å². The lowest BCUT2D eigenvalue weighted by atomic mass is 9.69. The van der Waals surface area contributed by atoms with Crippen molar-refractivity contribution in [1.29, 1.82) is 0 Å². The van der Waals surface area contributed by atoms with Crippen molar-refractivity contribution in [3.8, 4) is 11.1 Å². The molecule has 1 atom stereocenters. The molecule has 0 bridgehead atoms. The molecule has 0 amide bonds. The number of nitrogens with zero attached hydrogens (tertiary/aromatic N) is 1. The number of hydrogen-bond donors (Lipinski definition) is 0. The Balaban J connectivity index is 1.43. The van der Waals surface area contributed by atoms with E-state index in [2.05, 4.69) is 143 Å². The lowest BCUT2D eigenvalue weighted by Gasteiger charge is -2.33. The van der Waals surface area contributed by atoms with E-state index in [-0.39, 0.29) is 10.8 Å². The summed E-state index contributed by atoms with van der Waals surface area (Å²) in [5.41, 5.74) is 15.5. The number of hydrogen-bond acceptors (Lipinski definition) is 1. The van der Waals surface area contributed by atoms with Crippen molar-refractivity contribution in [1.82, 2.24) is 0 Å². The van der Waals surface area contributed by atoms with E-state index in [9.17, 15) is 0 Å². The molecule has 10 rings (SSSR count). The molecular weight excluding hydrogens is 579 g/mol. The minimum atomic E-state index is -0.0571. The first kappa shape index (κ1) is 28.0. The topological polar surface area (TPSA) is 12.4 Å². The molecule has 48 heavy (non-hydrogen) atoms. The Bertz CT molecular complexity index is 2530. The van der Waals surface area contributed by atoms with E-state index in [0.29, 0.717) is 5.92 Å². The summed E-state index contributed by atoms with van der Waals surface area (Å²) in [5, 5.41) is 8.16. The van der Waals surface area contributed by atoms with Gasteiger partial charge in [0.2, 0.25) is 0 Å². The SMILES string of the molecule is CC1(C)c2ccccc2-c2c1ccc1c2=C2c3ccccc3C(C)(C)C2CC=1c1c2ccccc2c(C2=NC=CCC2)c2ccccc12. The number of allylic oxidation sites excluding steroid dienone is 1. The molecular formula is C47H39N. The first-order chi connectivity index (χ1) is 23.4. The molecule has 6 aromatic carbocycles. The fourth-order valence-corrected chi connectivity index (χ4v) is 10.0. The van der Waals surface area contributed by atoms with Gasteiger partial charge in [0.05, 0.1) is 0 Å². The molecule has 1 nitrogen and oxygen atoms in total. The van der Waals surface area contributed by atoms with Crippen LogP contribution < -0.4 is 10.4 Å². The van der Waals surface area contributed by atoms with E-state index in [1.807, 2.05) is 6.20 Å². The van der Waals surface area contributed by atoms with Crippen LogP contribution in [0.3, 0.4) is 0 Å². The van der Waals surface area contributed by atoms with Gasteiger partial charge < -0.3 is 0 Å². The minimum absolute atomic E-state index is 0.0000564. The molecule has 0 radical (unpaired) electrons. The first-order valence-electron chi connectivity index (χ1n) is 17.6. The number of rotatable bonds is 2. The Hall–Kier alpha value is -5.01. The highest BCUT2D eigenvalue weighted by molar-refractivity contribution is 6.24. The third-order valence-corrected chi connectivity index (χ3v) is 12.3. The fourth-order valence-electron chi connectivity index (χ4n) is 10.0. The van der Waals surface area contributed by atoms with Crippen molar-refractivity contribution in [2.45, 2.75) is 57.8 Å². The van der Waals surface area contributed by atoms with Crippen LogP contribution in [-0.2, 0) is 10.8 Å². The molecule has 1 unspecified atom stereocenters. The molecule has 0 aromatic heterocycles. The maximum Gasteiger partial charge on any atom is 0.0491 e. The van der Waals surface area contributed by atoms with Gasteiger partial charge in [0.1, 0.15) is 0 Å². The van der Waals surface area contributed by atoms with Gasteiger partial charge in [-0.25, -0.2) is 0 Å². The van der Waals surface area contributed by atoms with Crippen LogP contribution in [0.1, 0.15) is 80.3 Å². The summed E-state index contributed by atoms with van der Waals surface area (Å²) in [4.78, 5) is 4.96. The van der Waals surface area contributed by atoms with Gasteiger partial charge in [-0.1, -0.05) is 143 Å². The fraction of sp³-hybridized carbons (Fsp3) is 0.213. The van der Waals surface area contributed by atoms with Crippen LogP contribution >= 0.6 is 0 Å². The Kier molecular flexibility index (Phi) is 5.71. The Morgan fingerprint density at radius 1 is 0.583 bits per heavy atom. The molecule has 3 aliphatic carbocycles. The molecule has 1 heteroatoms. The largest absolute Gasteiger partial charge is 0.261 e. The second kappa shape index (κ2) is 9.77. The molecule has 0 spiro atoms. The molecule has 232 valence electrons. The molecule has 1 heterocycles. The van der Waals surface area contributed by atoms with Crippen molar-refractivity contribution in [3.05, 3.63) is 165 Å². The smallest absolute Gasteiger partial charge is 0.0491 e. The Morgan fingerprint density at radius 2 is 1.19 bits per heavy atom. The van der Waals surface area contributed by atoms with Gasteiger partial charge in [-0.05, 0) is 113 Å². The van der Waals surface area contributed by atoms with Crippen molar-refractivity contribution in [2.75, 3.05) is 0 Å². The quantitative estimate of drug-likeness (QED) is 0.172. The van der Waals surface area contributed by atoms with Crippen molar-refractivity contribution in [2.24, 2.45) is 10.9 Å². The summed E-state index contributed by atoms with van der Waals surface area (Å²) in [7, 11) is 0. The summed E-state index contributed by atoms with van der Waals surface area (Å²) in [5.74, 6) is 0.366. The van der Waals surface area contributed by atoms with Gasteiger partial charge in [0.25, 0.3) is 0 Å². The monoisotopic (exact) mass is 617 g/mol. The van der Waals surface area contributed by atoms with E-state index in [0.717, 1.165) is 19.3 Å². The second-order valence-electron chi connectivity index (χ2n) is 15.3. The molecule has 0 saturated carbocycles. The average Bonchev–Trinajstić information content (AvgIpc) is 3.50. The summed E-state index contributed by atoms with van der Waals surface area (Å²) < 4.78 is 0. The zero-order valence-electron chi connectivity index (χ0n) is 28.2. The zero-order chi connectivity index (χ0) is 32.4. The molecule has 0 saturated heterocycles. The predicted molar refractivity (Wildman–Crippen MR) is 202 cm³/mol. The lowest BCUT2D eigenvalue weighted by Crippen LogP contribution is -2.40. The van der Waals surface area contributed by atoms with Gasteiger partial charge in [-0.3, -0.25) is 4.99 Å². The van der Waals surface area contributed by atoms with Crippen LogP contribution in [0.2, 0.25) is 0 Å². The lowest BCUT2D eigenvalue weighted by molar-refractivity contribution is 0.417. The number of benzene rings is 6. The van der Waals surface area contributed by atoms with E-state index in [1.54, 1.807) is 5.57 Å². The third-order valence-electron chi connectivity index (χ3n) is 12.3. The number of aliphatic imine (C=N–C) groups is 1. The van der Waals surface area contributed by atoms with E-state index in [4.69, 9.17) is 4.99 Å². The van der Waals surface area contributed by atoms with Crippen LogP contribution in [0.5, 0.6) is 0 Å². The Labute approximate surface area is 282 Å². The van der Waals surface area contributed by atoms with Crippen molar-refractivity contribution < 1.29 is 0 Å². The number of fused-ring (bicyclic) bond motifs is 10. The van der Waals surface area contributed by atoms with Gasteiger partial charge in [0, 0.05) is 22.9 Å². The third kappa shape index (κ3) is 3.54. The summed E-state index contributed by atoms with van der Waals surface area (Å²) in [6, 6.07) is 41.7. The summed E-state index contributed by atoms with van der Waals surface area (Å²) in [6.07, 6.45) is 7.19. The van der Waals surface area contributed by atoms with Crippen LogP contribution in [0.4, 0.5) is 0 Å². The van der Waals surface area contributed by atoms with Gasteiger partial charge in [-0.15, -0.1) is 0 Å². The summed E-state index contributed by atoms with van der Waals surface area (Å²) in [6.45, 7) is 9.80. The molecule has 0 fully saturated rings. The highest BCUT2D eigenvalue weighted by Gasteiger charge is 2.46. The van der Waals surface area contributed by atoms with Crippen LogP contribution in [-0.4, -0.2) is 5.71 Å². The van der Waals surface area contributed by atoms with Gasteiger partial charge in [0.15, 0.2) is 0 Å². The van der Waals surface area contributed by atoms with Gasteiger partial charge in [-0.2, -0.15) is 0 Å². The highest BCUT2D eigenvalue weighted by atomic mass is 14.7. The first-order valence-corrected chi connectivity index (χ1v) is 17.6. The second-order valence-corrected chi connectivity index (χ2v) is 15.3. The molecule has 1 aliphatic heterocycles. The van der Waals surface area contributed by atoms with Crippen molar-refractivity contribution in [3.63, 3.8) is 0 Å². The maximum absolute atomic E-state index is 4.96. The predicted octanol–water partition coefficient (Wildman–Crippen LogP) is 10.1. The average molecular weight is 618 g/mol. The highest BCUT2D eigenvalue weighted by Crippen LogP contribution is 2.55. The zero-order valence-corrected chi connectivity index (χ0v) is 28.2. The van der Waals surface area contributed by atoms with E-state index >= 15 is 0 Å². The minimum Gasteiger partial charge on any atom is -0.261 e. The Morgan fingerprint density at radius 3 is 1.85 bits per heavy atom. The summed E-state index contributed by atoms with van der Waals surface area (Å²) >= 11 is 0. The van der Waals surface area contributed by atoms with E-state index < -0.39 is 0 Å². The van der Waals surface area contributed by atoms with Crippen molar-refractivity contribution >= 4 is 38.4 Å².